The summed E-state index contributed by atoms with van der Waals surface area (Å²) >= 11 is 0. The van der Waals surface area contributed by atoms with Gasteiger partial charge in [0.25, 0.3) is 0 Å². The van der Waals surface area contributed by atoms with Crippen LogP contribution in [0.3, 0.4) is 0 Å². The van der Waals surface area contributed by atoms with Crippen molar-refractivity contribution in [1.29, 1.82) is 0 Å². The third-order valence-corrected chi connectivity index (χ3v) is 4.66. The summed E-state index contributed by atoms with van der Waals surface area (Å²) in [6.45, 7) is 0.170. The van der Waals surface area contributed by atoms with Gasteiger partial charge in [0, 0.05) is 18.4 Å². The molecular formula is C20H21NO6. The maximum Gasteiger partial charge on any atom is 0.231 e. The molecule has 0 aromatic heterocycles. The van der Waals surface area contributed by atoms with Crippen LogP contribution in [0.1, 0.15) is 17.5 Å². The van der Waals surface area contributed by atoms with E-state index >= 15 is 0 Å². The fourth-order valence-corrected chi connectivity index (χ4v) is 3.34. The minimum Gasteiger partial charge on any atom is -0.497 e. The maximum absolute atomic E-state index is 5.66. The predicted molar refractivity (Wildman–Crippen MR) is 98.4 cm³/mol. The van der Waals surface area contributed by atoms with Crippen LogP contribution in [-0.4, -0.2) is 39.9 Å². The molecular weight excluding hydrogens is 350 g/mol. The predicted octanol–water partition coefficient (Wildman–Crippen LogP) is 3.18. The normalized spacial score (nSPS) is 17.3. The van der Waals surface area contributed by atoms with Gasteiger partial charge in [-0.3, -0.25) is 0 Å². The molecule has 2 heterocycles. The Labute approximate surface area is 157 Å². The first-order valence-corrected chi connectivity index (χ1v) is 8.64. The van der Waals surface area contributed by atoms with Gasteiger partial charge >= 0.3 is 0 Å². The number of nitrogens with zero attached hydrogens (tertiary/aromatic N) is 1. The third-order valence-electron chi connectivity index (χ3n) is 4.66. The van der Waals surface area contributed by atoms with Crippen LogP contribution in [-0.2, 0) is 11.3 Å². The van der Waals surface area contributed by atoms with Crippen LogP contribution >= 0.6 is 0 Å². The second-order valence-corrected chi connectivity index (χ2v) is 6.24. The smallest absolute Gasteiger partial charge is 0.231 e. The number of fused-ring (bicyclic) bond motifs is 1. The summed E-state index contributed by atoms with van der Waals surface area (Å²) in [6.07, 6.45) is 1.21. The van der Waals surface area contributed by atoms with Crippen molar-refractivity contribution in [2.45, 2.75) is 18.9 Å². The van der Waals surface area contributed by atoms with E-state index in [1.54, 1.807) is 21.3 Å². The van der Waals surface area contributed by atoms with Gasteiger partial charge in [0.15, 0.2) is 11.5 Å². The molecule has 7 nitrogen and oxygen atoms in total. The van der Waals surface area contributed by atoms with Gasteiger partial charge < -0.3 is 28.5 Å². The maximum atomic E-state index is 5.66. The zero-order valence-electron chi connectivity index (χ0n) is 15.5. The average Bonchev–Trinajstić information content (AvgIpc) is 3.36. The van der Waals surface area contributed by atoms with E-state index in [9.17, 15) is 0 Å². The lowest BCUT2D eigenvalue weighted by Gasteiger charge is -2.16. The molecule has 1 atom stereocenters. The van der Waals surface area contributed by atoms with E-state index in [1.807, 2.05) is 30.3 Å². The Morgan fingerprint density at radius 1 is 1.00 bits per heavy atom. The molecule has 27 heavy (non-hydrogen) atoms. The quantitative estimate of drug-likeness (QED) is 0.777. The van der Waals surface area contributed by atoms with Gasteiger partial charge in [-0.25, -0.2) is 0 Å². The van der Waals surface area contributed by atoms with E-state index in [-0.39, 0.29) is 12.9 Å². The Balaban J connectivity index is 1.52. The number of oxime groups is 1. The highest BCUT2D eigenvalue weighted by Crippen LogP contribution is 2.49. The van der Waals surface area contributed by atoms with Crippen LogP contribution in [0.2, 0.25) is 0 Å². The first-order valence-electron chi connectivity index (χ1n) is 8.64. The standard InChI is InChI=1S/C20H21NO6/c1-22-14-6-4-12(5-7-14)16-10-15(27-21-16)8-13-9-17-19(26-11-25-17)20(24-3)18(13)23-2/h4-7,9,15H,8,10-11H2,1-3H3. The first kappa shape index (κ1) is 17.3. The Kier molecular flexibility index (Phi) is 4.66. The van der Waals surface area contributed by atoms with E-state index in [1.165, 1.54) is 0 Å². The van der Waals surface area contributed by atoms with Crippen LogP contribution in [0, 0.1) is 0 Å². The summed E-state index contributed by atoms with van der Waals surface area (Å²) in [5, 5.41) is 4.26. The molecule has 2 aliphatic heterocycles. The van der Waals surface area contributed by atoms with E-state index in [2.05, 4.69) is 5.16 Å². The summed E-state index contributed by atoms with van der Waals surface area (Å²) in [5.74, 6) is 3.20. The molecule has 2 aromatic rings. The van der Waals surface area contributed by atoms with E-state index in [4.69, 9.17) is 28.5 Å². The fraction of sp³-hybridized carbons (Fsp3) is 0.350. The number of benzene rings is 2. The van der Waals surface area contributed by atoms with Crippen molar-refractivity contribution in [3.8, 4) is 28.7 Å². The molecule has 142 valence electrons. The molecule has 0 N–H and O–H groups in total. The van der Waals surface area contributed by atoms with Gasteiger partial charge in [0.2, 0.25) is 18.3 Å². The van der Waals surface area contributed by atoms with Crippen LogP contribution in [0.5, 0.6) is 28.7 Å². The molecule has 2 aliphatic rings. The lowest BCUT2D eigenvalue weighted by Crippen LogP contribution is -2.13. The largest absolute Gasteiger partial charge is 0.497 e. The van der Waals surface area contributed by atoms with Crippen LogP contribution in [0.25, 0.3) is 0 Å². The summed E-state index contributed by atoms with van der Waals surface area (Å²) in [4.78, 5) is 5.66. The second-order valence-electron chi connectivity index (χ2n) is 6.24. The molecule has 0 amide bonds. The highest BCUT2D eigenvalue weighted by atomic mass is 16.7. The number of rotatable bonds is 6. The molecule has 0 saturated heterocycles. The molecule has 0 spiro atoms. The first-order chi connectivity index (χ1) is 13.2. The zero-order valence-corrected chi connectivity index (χ0v) is 15.5. The van der Waals surface area contributed by atoms with Crippen molar-refractivity contribution >= 4 is 5.71 Å². The molecule has 4 rings (SSSR count). The second kappa shape index (κ2) is 7.26. The van der Waals surface area contributed by atoms with Crippen LogP contribution in [0.4, 0.5) is 0 Å². The van der Waals surface area contributed by atoms with Gasteiger partial charge in [0.05, 0.1) is 27.0 Å². The molecule has 0 aliphatic carbocycles. The molecule has 7 heteroatoms. The molecule has 1 unspecified atom stereocenters. The SMILES string of the molecule is COc1ccc(C2=NOC(Cc3cc4c(c(OC)c3OC)OCO4)C2)cc1. The summed E-state index contributed by atoms with van der Waals surface area (Å²) in [7, 11) is 4.84. The fourth-order valence-electron chi connectivity index (χ4n) is 3.34. The van der Waals surface area contributed by atoms with Gasteiger partial charge in [-0.2, -0.15) is 0 Å². The number of methoxy groups -OCH3 is 3. The molecule has 2 aromatic carbocycles. The Hall–Kier alpha value is -3.09. The zero-order chi connectivity index (χ0) is 18.8. The number of hydrogen-bond acceptors (Lipinski definition) is 7. The van der Waals surface area contributed by atoms with E-state index in [0.717, 1.165) is 22.6 Å². The lowest BCUT2D eigenvalue weighted by molar-refractivity contribution is 0.0853. The minimum absolute atomic E-state index is 0.0962. The highest BCUT2D eigenvalue weighted by Gasteiger charge is 2.29. The Morgan fingerprint density at radius 3 is 2.48 bits per heavy atom. The highest BCUT2D eigenvalue weighted by molar-refractivity contribution is 6.01. The van der Waals surface area contributed by atoms with E-state index < -0.39 is 0 Å². The monoisotopic (exact) mass is 371 g/mol. The van der Waals surface area contributed by atoms with Gasteiger partial charge in [-0.1, -0.05) is 5.16 Å². The Bertz CT molecular complexity index is 862. The van der Waals surface area contributed by atoms with Crippen LogP contribution < -0.4 is 23.7 Å². The third kappa shape index (κ3) is 3.20. The summed E-state index contributed by atoms with van der Waals surface area (Å²) in [6, 6.07) is 9.70. The van der Waals surface area contributed by atoms with Crippen molar-refractivity contribution in [2.75, 3.05) is 28.1 Å². The van der Waals surface area contributed by atoms with Crippen molar-refractivity contribution in [1.82, 2.24) is 0 Å². The van der Waals surface area contributed by atoms with Gasteiger partial charge in [-0.05, 0) is 35.9 Å². The van der Waals surface area contributed by atoms with Gasteiger partial charge in [-0.15, -0.1) is 0 Å². The number of hydrogen-bond donors (Lipinski definition) is 0. The average molecular weight is 371 g/mol. The topological polar surface area (TPSA) is 67.7 Å². The van der Waals surface area contributed by atoms with Crippen molar-refractivity contribution < 1.29 is 28.5 Å². The van der Waals surface area contributed by atoms with E-state index in [0.29, 0.717) is 35.8 Å². The minimum atomic E-state index is -0.0962. The van der Waals surface area contributed by atoms with Crippen molar-refractivity contribution in [3.05, 3.63) is 41.5 Å². The molecule has 0 saturated carbocycles. The summed E-state index contributed by atoms with van der Waals surface area (Å²) < 4.78 is 27.3. The molecule has 0 radical (unpaired) electrons. The lowest BCUT2D eigenvalue weighted by atomic mass is 9.99. The number of ether oxygens (including phenoxy) is 5. The van der Waals surface area contributed by atoms with Crippen molar-refractivity contribution in [2.24, 2.45) is 5.16 Å². The molecule has 0 fully saturated rings. The van der Waals surface area contributed by atoms with Gasteiger partial charge in [0.1, 0.15) is 11.9 Å². The van der Waals surface area contributed by atoms with Crippen LogP contribution in [0.15, 0.2) is 35.5 Å². The molecule has 0 bridgehead atoms. The summed E-state index contributed by atoms with van der Waals surface area (Å²) in [5.41, 5.74) is 2.86. The Morgan fingerprint density at radius 2 is 1.78 bits per heavy atom. The van der Waals surface area contributed by atoms with Crippen molar-refractivity contribution in [3.63, 3.8) is 0 Å².